The molecular formula is C21H16Cl3N3O3. The quantitative estimate of drug-likeness (QED) is 0.499. The van der Waals surface area contributed by atoms with Crippen molar-refractivity contribution in [1.29, 1.82) is 0 Å². The minimum atomic E-state index is -0.382. The number of anilines is 2. The molecule has 0 bridgehead atoms. The maximum absolute atomic E-state index is 13.0. The molecule has 0 aliphatic carbocycles. The topological polar surface area (TPSA) is 83.5 Å². The number of pyridine rings is 1. The Labute approximate surface area is 187 Å². The summed E-state index contributed by atoms with van der Waals surface area (Å²) < 4.78 is 5.86. The van der Waals surface area contributed by atoms with E-state index in [0.717, 1.165) is 0 Å². The van der Waals surface area contributed by atoms with Crippen LogP contribution in [0.5, 0.6) is 5.75 Å². The van der Waals surface area contributed by atoms with Gasteiger partial charge in [-0.05, 0) is 42.5 Å². The molecule has 0 radical (unpaired) electrons. The fourth-order valence-electron chi connectivity index (χ4n) is 3.14. The Kier molecular flexibility index (Phi) is 6.01. The van der Waals surface area contributed by atoms with Gasteiger partial charge in [0.05, 0.1) is 44.7 Å². The van der Waals surface area contributed by atoms with Crippen molar-refractivity contribution in [3.05, 3.63) is 69.3 Å². The van der Waals surface area contributed by atoms with Crippen molar-refractivity contribution < 1.29 is 14.6 Å². The van der Waals surface area contributed by atoms with E-state index >= 15 is 0 Å². The third kappa shape index (κ3) is 4.04. The summed E-state index contributed by atoms with van der Waals surface area (Å²) in [5.41, 5.74) is 2.57. The first-order chi connectivity index (χ1) is 14.5. The fraction of sp³-hybridized carbons (Fsp3) is 0.143. The van der Waals surface area contributed by atoms with E-state index < -0.39 is 0 Å². The molecule has 3 N–H and O–H groups in total. The number of carbonyl (C=O) groups is 1. The highest BCUT2D eigenvalue weighted by Gasteiger charge is 2.28. The highest BCUT2D eigenvalue weighted by Crippen LogP contribution is 2.42. The van der Waals surface area contributed by atoms with E-state index in [0.29, 0.717) is 49.0 Å². The summed E-state index contributed by atoms with van der Waals surface area (Å²) >= 11 is 18.3. The number of benzene rings is 2. The Morgan fingerprint density at radius 2 is 2.00 bits per heavy atom. The number of ether oxygens (including phenoxy) is 1. The third-order valence-corrected chi connectivity index (χ3v) is 5.64. The number of nitrogens with one attached hydrogen (secondary N) is 2. The Hall–Kier alpha value is -2.51. The summed E-state index contributed by atoms with van der Waals surface area (Å²) in [4.78, 5) is 17.3. The number of aliphatic hydroxyl groups excluding tert-OH is 1. The van der Waals surface area contributed by atoms with Crippen LogP contribution < -0.4 is 15.4 Å². The molecule has 2 aromatic carbocycles. The summed E-state index contributed by atoms with van der Waals surface area (Å²) in [5.74, 6) is -0.0240. The number of hydrogen-bond donors (Lipinski definition) is 3. The van der Waals surface area contributed by atoms with E-state index in [4.69, 9.17) is 39.5 Å². The number of halogens is 3. The van der Waals surface area contributed by atoms with Gasteiger partial charge in [0, 0.05) is 17.4 Å². The van der Waals surface area contributed by atoms with Crippen LogP contribution in [0.1, 0.15) is 10.4 Å². The monoisotopic (exact) mass is 463 g/mol. The van der Waals surface area contributed by atoms with Crippen molar-refractivity contribution >= 4 is 52.1 Å². The molecule has 0 spiro atoms. The van der Waals surface area contributed by atoms with Gasteiger partial charge in [0.15, 0.2) is 5.75 Å². The lowest BCUT2D eigenvalue weighted by Gasteiger charge is -2.29. The first-order valence-electron chi connectivity index (χ1n) is 9.02. The number of nitrogens with zero attached hydrogens (tertiary/aromatic N) is 1. The Bertz CT molecular complexity index is 1120. The molecule has 1 amide bonds. The minimum absolute atomic E-state index is 0.130. The molecule has 1 aromatic heterocycles. The van der Waals surface area contributed by atoms with Crippen LogP contribution in [0.2, 0.25) is 15.1 Å². The largest absolute Gasteiger partial charge is 0.488 e. The van der Waals surface area contributed by atoms with Crippen LogP contribution in [0.15, 0.2) is 48.7 Å². The molecule has 1 aliphatic heterocycles. The lowest BCUT2D eigenvalue weighted by Crippen LogP contribution is -2.35. The maximum atomic E-state index is 13.0. The number of amides is 1. The van der Waals surface area contributed by atoms with Crippen molar-refractivity contribution in [2.75, 3.05) is 23.8 Å². The molecule has 1 aliphatic rings. The SMILES string of the molecule is O=C(Nc1ccc(Cl)c(Cl)c1)c1ccc(-c2ncccc2Cl)c2c1OC[C@H](CO)N2. The van der Waals surface area contributed by atoms with E-state index in [9.17, 15) is 9.90 Å². The predicted octanol–water partition coefficient (Wildman–Crippen LogP) is 5.13. The maximum Gasteiger partial charge on any atom is 0.259 e. The van der Waals surface area contributed by atoms with Gasteiger partial charge >= 0.3 is 0 Å². The Balaban J connectivity index is 1.75. The molecule has 2 heterocycles. The second kappa shape index (κ2) is 8.70. The normalized spacial score (nSPS) is 15.0. The zero-order valence-electron chi connectivity index (χ0n) is 15.5. The van der Waals surface area contributed by atoms with E-state index in [1.807, 2.05) is 0 Å². The van der Waals surface area contributed by atoms with E-state index in [1.54, 1.807) is 48.7 Å². The molecule has 154 valence electrons. The number of hydrogen-bond acceptors (Lipinski definition) is 5. The van der Waals surface area contributed by atoms with Gasteiger partial charge in [-0.1, -0.05) is 34.8 Å². The molecule has 0 fully saturated rings. The summed E-state index contributed by atoms with van der Waals surface area (Å²) in [5, 5.41) is 16.8. The van der Waals surface area contributed by atoms with E-state index in [1.165, 1.54) is 0 Å². The van der Waals surface area contributed by atoms with Crippen LogP contribution in [-0.2, 0) is 0 Å². The van der Waals surface area contributed by atoms with Crippen LogP contribution in [0, 0.1) is 0 Å². The molecule has 6 nitrogen and oxygen atoms in total. The lowest BCUT2D eigenvalue weighted by atomic mass is 10.0. The van der Waals surface area contributed by atoms with Crippen LogP contribution in [0.4, 0.5) is 11.4 Å². The number of carbonyl (C=O) groups excluding carboxylic acids is 1. The number of rotatable bonds is 4. The molecule has 3 aromatic rings. The zero-order valence-corrected chi connectivity index (χ0v) is 17.7. The zero-order chi connectivity index (χ0) is 21.3. The second-order valence-electron chi connectivity index (χ2n) is 6.62. The summed E-state index contributed by atoms with van der Waals surface area (Å²) in [6, 6.07) is 11.3. The highest BCUT2D eigenvalue weighted by atomic mass is 35.5. The molecule has 0 saturated carbocycles. The van der Waals surface area contributed by atoms with Gasteiger partial charge < -0.3 is 20.5 Å². The Morgan fingerprint density at radius 3 is 2.73 bits per heavy atom. The molecule has 0 saturated heterocycles. The van der Waals surface area contributed by atoms with Crippen LogP contribution in [0.3, 0.4) is 0 Å². The smallest absolute Gasteiger partial charge is 0.259 e. The lowest BCUT2D eigenvalue weighted by molar-refractivity contribution is 0.102. The van der Waals surface area contributed by atoms with E-state index in [2.05, 4.69) is 15.6 Å². The van der Waals surface area contributed by atoms with Crippen LogP contribution >= 0.6 is 34.8 Å². The standard InChI is InChI=1S/C21H16Cl3N3O3/c22-15-6-3-11(8-17(15)24)27-21(29)14-5-4-13(18-16(23)2-1-7-25-18)19-20(14)30-10-12(9-28)26-19/h1-8,12,26,28H,9-10H2,(H,27,29)/t12-/m0/s1. The fourth-order valence-corrected chi connectivity index (χ4v) is 3.66. The van der Waals surface area contributed by atoms with Crippen LogP contribution in [0.25, 0.3) is 11.3 Å². The molecule has 0 unspecified atom stereocenters. The number of fused-ring (bicyclic) bond motifs is 1. The molecule has 30 heavy (non-hydrogen) atoms. The molecule has 9 heteroatoms. The average molecular weight is 465 g/mol. The first-order valence-corrected chi connectivity index (χ1v) is 10.2. The van der Waals surface area contributed by atoms with Gasteiger partial charge in [-0.3, -0.25) is 9.78 Å². The number of aromatic nitrogens is 1. The van der Waals surface area contributed by atoms with E-state index in [-0.39, 0.29) is 25.2 Å². The first kappa shape index (κ1) is 20.8. The van der Waals surface area contributed by atoms with Gasteiger partial charge in [0.2, 0.25) is 0 Å². The number of aliphatic hydroxyl groups is 1. The van der Waals surface area contributed by atoms with Crippen molar-refractivity contribution in [2.24, 2.45) is 0 Å². The average Bonchev–Trinajstić information content (AvgIpc) is 2.75. The predicted molar refractivity (Wildman–Crippen MR) is 119 cm³/mol. The van der Waals surface area contributed by atoms with Gasteiger partial charge in [-0.15, -0.1) is 0 Å². The Morgan fingerprint density at radius 1 is 1.17 bits per heavy atom. The van der Waals surface area contributed by atoms with Crippen molar-refractivity contribution in [2.45, 2.75) is 6.04 Å². The van der Waals surface area contributed by atoms with Gasteiger partial charge in [0.1, 0.15) is 6.61 Å². The van der Waals surface area contributed by atoms with Gasteiger partial charge in [0.25, 0.3) is 5.91 Å². The van der Waals surface area contributed by atoms with Crippen LogP contribution in [-0.4, -0.2) is 35.3 Å². The van der Waals surface area contributed by atoms with Gasteiger partial charge in [-0.2, -0.15) is 0 Å². The highest BCUT2D eigenvalue weighted by molar-refractivity contribution is 6.42. The summed E-state index contributed by atoms with van der Waals surface area (Å²) in [6.07, 6.45) is 1.63. The summed E-state index contributed by atoms with van der Waals surface area (Å²) in [6.45, 7) is 0.0739. The molecule has 1 atom stereocenters. The molecule has 4 rings (SSSR count). The van der Waals surface area contributed by atoms with Crippen molar-refractivity contribution in [1.82, 2.24) is 4.98 Å². The minimum Gasteiger partial charge on any atom is -0.488 e. The second-order valence-corrected chi connectivity index (χ2v) is 7.84. The molecular weight excluding hydrogens is 449 g/mol. The third-order valence-electron chi connectivity index (χ3n) is 4.59. The van der Waals surface area contributed by atoms with Gasteiger partial charge in [-0.25, -0.2) is 0 Å². The van der Waals surface area contributed by atoms with Crippen molar-refractivity contribution in [3.63, 3.8) is 0 Å². The summed E-state index contributed by atoms with van der Waals surface area (Å²) in [7, 11) is 0. The van der Waals surface area contributed by atoms with Crippen molar-refractivity contribution in [3.8, 4) is 17.0 Å².